The highest BCUT2D eigenvalue weighted by molar-refractivity contribution is 7.13. The molecule has 1 N–H and O–H groups in total. The Hall–Kier alpha value is -3.00. The van der Waals surface area contributed by atoms with Crippen LogP contribution >= 0.6 is 11.3 Å². The number of aromatic nitrogens is 3. The molecule has 162 valence electrons. The van der Waals surface area contributed by atoms with Gasteiger partial charge in [0, 0.05) is 43.3 Å². The average Bonchev–Trinajstić information content (AvgIpc) is 3.43. The fraction of sp³-hybridized carbons (Fsp3) is 0.391. The first-order chi connectivity index (χ1) is 15.0. The lowest BCUT2D eigenvalue weighted by atomic mass is 10.0. The zero-order valence-corrected chi connectivity index (χ0v) is 18.7. The number of likely N-dealkylation sites (tertiary alicyclic amines) is 1. The third kappa shape index (κ3) is 5.19. The molecule has 0 unspecified atom stereocenters. The number of benzene rings is 1. The molecule has 0 atom stereocenters. The number of piperidine rings is 1. The van der Waals surface area contributed by atoms with Crippen LogP contribution in [0.3, 0.4) is 0 Å². The van der Waals surface area contributed by atoms with Gasteiger partial charge in [0.25, 0.3) is 5.91 Å². The van der Waals surface area contributed by atoms with Gasteiger partial charge in [-0.3, -0.25) is 14.3 Å². The molecule has 0 spiro atoms. The number of hydrogen-bond acceptors (Lipinski definition) is 5. The number of carbonyl (C=O) groups excluding carboxylic acids is 2. The van der Waals surface area contributed by atoms with Gasteiger partial charge in [0.05, 0.1) is 23.9 Å². The van der Waals surface area contributed by atoms with Gasteiger partial charge in [0.2, 0.25) is 5.91 Å². The molecule has 3 aromatic rings. The number of nitrogens with zero attached hydrogens (tertiary/aromatic N) is 4. The Labute approximate surface area is 186 Å². The van der Waals surface area contributed by atoms with Crippen molar-refractivity contribution >= 4 is 23.2 Å². The molecule has 0 aliphatic carbocycles. The fourth-order valence-corrected chi connectivity index (χ4v) is 4.58. The van der Waals surface area contributed by atoms with Gasteiger partial charge in [-0.05, 0) is 24.8 Å². The zero-order chi connectivity index (χ0) is 21.8. The van der Waals surface area contributed by atoms with E-state index in [4.69, 9.17) is 0 Å². The summed E-state index contributed by atoms with van der Waals surface area (Å²) in [6, 6.07) is 8.51. The molecule has 2 aromatic heterocycles. The molecule has 3 heterocycles. The van der Waals surface area contributed by atoms with Crippen molar-refractivity contribution in [1.82, 2.24) is 25.0 Å². The summed E-state index contributed by atoms with van der Waals surface area (Å²) in [5, 5.41) is 10.00. The molecule has 0 saturated carbocycles. The van der Waals surface area contributed by atoms with Crippen molar-refractivity contribution in [3.63, 3.8) is 0 Å². The summed E-state index contributed by atoms with van der Waals surface area (Å²) in [7, 11) is 1.79. The normalized spacial score (nSPS) is 14.6. The molecule has 8 heteroatoms. The monoisotopic (exact) mass is 437 g/mol. The van der Waals surface area contributed by atoms with Crippen molar-refractivity contribution in [2.24, 2.45) is 7.05 Å². The number of nitrogens with one attached hydrogen (secondary N) is 1. The van der Waals surface area contributed by atoms with Gasteiger partial charge in [-0.15, -0.1) is 11.3 Å². The van der Waals surface area contributed by atoms with Crippen molar-refractivity contribution in [2.45, 2.75) is 38.6 Å². The molecule has 1 saturated heterocycles. The third-order valence-corrected chi connectivity index (χ3v) is 6.58. The van der Waals surface area contributed by atoms with Gasteiger partial charge in [-0.1, -0.05) is 31.2 Å². The molecule has 4 rings (SSSR count). The van der Waals surface area contributed by atoms with Gasteiger partial charge >= 0.3 is 0 Å². The highest BCUT2D eigenvalue weighted by atomic mass is 32.1. The van der Waals surface area contributed by atoms with Crippen LogP contribution < -0.4 is 5.32 Å². The van der Waals surface area contributed by atoms with Gasteiger partial charge < -0.3 is 10.2 Å². The van der Waals surface area contributed by atoms with Crippen molar-refractivity contribution < 1.29 is 9.59 Å². The second-order valence-electron chi connectivity index (χ2n) is 7.90. The molecular formula is C23H27N5O2S. The van der Waals surface area contributed by atoms with Crippen LogP contribution in [0.15, 0.2) is 42.0 Å². The molecule has 7 nitrogen and oxygen atoms in total. The molecule has 31 heavy (non-hydrogen) atoms. The van der Waals surface area contributed by atoms with Gasteiger partial charge in [-0.2, -0.15) is 5.10 Å². The maximum absolute atomic E-state index is 12.7. The largest absolute Gasteiger partial charge is 0.349 e. The molecule has 1 aliphatic heterocycles. The zero-order valence-electron chi connectivity index (χ0n) is 17.9. The van der Waals surface area contributed by atoms with E-state index in [1.165, 1.54) is 5.56 Å². The highest BCUT2D eigenvalue weighted by Crippen LogP contribution is 2.25. The van der Waals surface area contributed by atoms with E-state index in [-0.39, 0.29) is 17.9 Å². The van der Waals surface area contributed by atoms with E-state index in [9.17, 15) is 9.59 Å². The lowest BCUT2D eigenvalue weighted by Crippen LogP contribution is -2.46. The molecular weight excluding hydrogens is 410 g/mol. The highest BCUT2D eigenvalue weighted by Gasteiger charge is 2.25. The fourth-order valence-electron chi connectivity index (χ4n) is 3.75. The average molecular weight is 438 g/mol. The molecule has 0 radical (unpaired) electrons. The molecule has 1 fully saturated rings. The lowest BCUT2D eigenvalue weighted by molar-refractivity contribution is -0.131. The van der Waals surface area contributed by atoms with E-state index in [0.717, 1.165) is 35.5 Å². The van der Waals surface area contributed by atoms with E-state index < -0.39 is 0 Å². The maximum atomic E-state index is 12.7. The summed E-state index contributed by atoms with van der Waals surface area (Å²) in [5.41, 5.74) is 3.77. The Bertz CT molecular complexity index is 1050. The minimum Gasteiger partial charge on any atom is -0.349 e. The quantitative estimate of drug-likeness (QED) is 0.643. The van der Waals surface area contributed by atoms with E-state index >= 15 is 0 Å². The Morgan fingerprint density at radius 3 is 2.58 bits per heavy atom. The van der Waals surface area contributed by atoms with Crippen molar-refractivity contribution in [3.8, 4) is 10.6 Å². The van der Waals surface area contributed by atoms with Crippen molar-refractivity contribution in [3.05, 3.63) is 58.9 Å². The molecule has 1 aliphatic rings. The van der Waals surface area contributed by atoms with Crippen LogP contribution in [0.25, 0.3) is 10.6 Å². The molecule has 0 bridgehead atoms. The maximum Gasteiger partial charge on any atom is 0.254 e. The Balaban J connectivity index is 1.27. The summed E-state index contributed by atoms with van der Waals surface area (Å²) in [6.45, 7) is 3.43. The smallest absolute Gasteiger partial charge is 0.254 e. The SMILES string of the molecule is CCc1ccc(-c2nc(CC(=O)N3CCC(NC(=O)c4cnn(C)c4)CC3)cs2)cc1. The Morgan fingerprint density at radius 2 is 1.94 bits per heavy atom. The van der Waals surface area contributed by atoms with E-state index in [2.05, 4.69) is 46.6 Å². The van der Waals surface area contributed by atoms with E-state index in [0.29, 0.717) is 25.1 Å². The first-order valence-corrected chi connectivity index (χ1v) is 11.5. The van der Waals surface area contributed by atoms with Gasteiger partial charge in [0.15, 0.2) is 0 Å². The Morgan fingerprint density at radius 1 is 1.19 bits per heavy atom. The number of thiazole rings is 1. The summed E-state index contributed by atoms with van der Waals surface area (Å²) in [5.74, 6) is -0.0185. The predicted octanol–water partition coefficient (Wildman–Crippen LogP) is 3.07. The van der Waals surface area contributed by atoms with Crippen LogP contribution in [0, 0.1) is 0 Å². The van der Waals surface area contributed by atoms with Crippen LogP contribution in [-0.4, -0.2) is 50.6 Å². The topological polar surface area (TPSA) is 80.1 Å². The third-order valence-electron chi connectivity index (χ3n) is 5.64. The first kappa shape index (κ1) is 21.2. The van der Waals surface area contributed by atoms with Crippen LogP contribution in [-0.2, 0) is 24.7 Å². The van der Waals surface area contributed by atoms with Gasteiger partial charge in [-0.25, -0.2) is 4.98 Å². The van der Waals surface area contributed by atoms with Gasteiger partial charge in [0.1, 0.15) is 5.01 Å². The van der Waals surface area contributed by atoms with E-state index in [1.54, 1.807) is 35.5 Å². The summed E-state index contributed by atoms with van der Waals surface area (Å²) in [4.78, 5) is 31.6. The van der Waals surface area contributed by atoms with Crippen molar-refractivity contribution in [1.29, 1.82) is 0 Å². The standard InChI is InChI=1S/C23H27N5O2S/c1-3-16-4-6-17(7-5-16)23-26-20(15-31-23)12-21(29)28-10-8-19(9-11-28)25-22(30)18-13-24-27(2)14-18/h4-7,13-15,19H,3,8-12H2,1-2H3,(H,25,30). The number of hydrogen-bond donors (Lipinski definition) is 1. The minimum atomic E-state index is -0.111. The van der Waals surface area contributed by atoms with Crippen LogP contribution in [0.4, 0.5) is 0 Å². The van der Waals surface area contributed by atoms with Crippen LogP contribution in [0.1, 0.15) is 41.4 Å². The number of amides is 2. The second-order valence-corrected chi connectivity index (χ2v) is 8.76. The molecule has 2 amide bonds. The van der Waals surface area contributed by atoms with Crippen LogP contribution in [0.5, 0.6) is 0 Å². The van der Waals surface area contributed by atoms with E-state index in [1.807, 2.05) is 10.3 Å². The first-order valence-electron chi connectivity index (χ1n) is 10.6. The number of rotatable bonds is 6. The lowest BCUT2D eigenvalue weighted by Gasteiger charge is -2.32. The Kier molecular flexibility index (Phi) is 6.46. The summed E-state index contributed by atoms with van der Waals surface area (Å²) in [6.07, 6.45) is 6.11. The number of aryl methyl sites for hydroxylation is 2. The van der Waals surface area contributed by atoms with Crippen molar-refractivity contribution in [2.75, 3.05) is 13.1 Å². The summed E-state index contributed by atoms with van der Waals surface area (Å²) < 4.78 is 1.61. The second kappa shape index (κ2) is 9.43. The number of carbonyl (C=O) groups is 2. The summed E-state index contributed by atoms with van der Waals surface area (Å²) >= 11 is 1.58. The molecule has 1 aromatic carbocycles. The van der Waals surface area contributed by atoms with Crippen LogP contribution in [0.2, 0.25) is 0 Å². The minimum absolute atomic E-state index is 0.0775. The predicted molar refractivity (Wildman–Crippen MR) is 121 cm³/mol.